The highest BCUT2D eigenvalue weighted by atomic mass is 15.2. The Morgan fingerprint density at radius 3 is 2.21 bits per heavy atom. The van der Waals surface area contributed by atoms with Gasteiger partial charge in [0.1, 0.15) is 11.7 Å². The number of hydrogen-bond donors (Lipinski definition) is 1. The molecule has 0 atom stereocenters. The van der Waals surface area contributed by atoms with E-state index in [0.29, 0.717) is 17.9 Å². The maximum Gasteiger partial charge on any atom is 0.141 e. The molecule has 1 aliphatic rings. The Labute approximate surface area is 257 Å². The predicted octanol–water partition coefficient (Wildman–Crippen LogP) is 10.4. The molecule has 1 N–H and O–H groups in total. The van der Waals surface area contributed by atoms with Gasteiger partial charge >= 0.3 is 0 Å². The van der Waals surface area contributed by atoms with E-state index in [1.807, 2.05) is 77.1 Å². The van der Waals surface area contributed by atoms with Gasteiger partial charge in [-0.15, -0.1) is 0 Å². The van der Waals surface area contributed by atoms with E-state index in [9.17, 15) is 10.7 Å². The second-order valence-corrected chi connectivity index (χ2v) is 11.3. The third kappa shape index (κ3) is 8.41. The van der Waals surface area contributed by atoms with Gasteiger partial charge in [-0.1, -0.05) is 130 Å². The van der Waals surface area contributed by atoms with Crippen molar-refractivity contribution in [1.29, 1.82) is 10.7 Å². The molecule has 0 unspecified atom stereocenters. The van der Waals surface area contributed by atoms with Gasteiger partial charge in [-0.25, -0.2) is 0 Å². The summed E-state index contributed by atoms with van der Waals surface area (Å²) in [6, 6.07) is 16.4. The lowest BCUT2D eigenvalue weighted by Crippen LogP contribution is -2.42. The molecule has 1 aliphatic heterocycles. The van der Waals surface area contributed by atoms with Crippen LogP contribution in [0.15, 0.2) is 83.5 Å². The fraction of sp³-hybridized carbons (Fsp3) is 0.447. The van der Waals surface area contributed by atoms with Gasteiger partial charge in [0.25, 0.3) is 0 Å². The number of rotatable bonds is 6. The van der Waals surface area contributed by atoms with Crippen LogP contribution in [0.2, 0.25) is 0 Å². The molecule has 0 spiro atoms. The Kier molecular flexibility index (Phi) is 15.0. The number of nitriles is 1. The van der Waals surface area contributed by atoms with Crippen molar-refractivity contribution in [1.82, 2.24) is 4.90 Å². The first-order valence-corrected chi connectivity index (χ1v) is 15.6. The van der Waals surface area contributed by atoms with Crippen LogP contribution in [0.3, 0.4) is 0 Å². The molecule has 0 saturated carbocycles. The first-order chi connectivity index (χ1) is 20.0. The predicted molar refractivity (Wildman–Crippen MR) is 183 cm³/mol. The van der Waals surface area contributed by atoms with E-state index in [-0.39, 0.29) is 17.3 Å². The molecule has 0 amide bonds. The Morgan fingerprint density at radius 2 is 1.67 bits per heavy atom. The Hall–Kier alpha value is -3.71. The van der Waals surface area contributed by atoms with Crippen molar-refractivity contribution in [3.05, 3.63) is 106 Å². The van der Waals surface area contributed by atoms with Crippen molar-refractivity contribution in [3.8, 4) is 6.07 Å². The molecule has 4 nitrogen and oxygen atoms in total. The lowest BCUT2D eigenvalue weighted by molar-refractivity contribution is 0.457. The maximum atomic E-state index is 10.1. The van der Waals surface area contributed by atoms with Crippen LogP contribution in [0, 0.1) is 35.5 Å². The smallest absolute Gasteiger partial charge is 0.141 e. The minimum absolute atomic E-state index is 0.106. The fourth-order valence-corrected chi connectivity index (χ4v) is 5.43. The highest BCUT2D eigenvalue weighted by molar-refractivity contribution is 6.16. The molecule has 1 heterocycles. The molecule has 4 heteroatoms. The second-order valence-electron chi connectivity index (χ2n) is 11.3. The SMILES string of the molecule is C=C/C=C\C(=C(C(C)C)N(C(=N)c1ccccc1C)C1=NCCCC(C)(C)c2c(C#N)cccc21)C(C)C.CC.CC. The number of amidine groups is 2. The number of allylic oxidation sites excluding steroid dienone is 5. The van der Waals surface area contributed by atoms with E-state index in [0.717, 1.165) is 52.2 Å². The van der Waals surface area contributed by atoms with Crippen LogP contribution in [0.4, 0.5) is 0 Å². The zero-order chi connectivity index (χ0) is 32.0. The van der Waals surface area contributed by atoms with Crippen LogP contribution in [0.5, 0.6) is 0 Å². The highest BCUT2D eigenvalue weighted by Gasteiger charge is 2.35. The van der Waals surface area contributed by atoms with Crippen molar-refractivity contribution < 1.29 is 0 Å². The molecular weight excluding hydrogens is 512 g/mol. The molecule has 0 radical (unpaired) electrons. The van der Waals surface area contributed by atoms with Gasteiger partial charge in [0, 0.05) is 23.4 Å². The molecule has 0 fully saturated rings. The van der Waals surface area contributed by atoms with Crippen LogP contribution >= 0.6 is 0 Å². The molecule has 0 saturated heterocycles. The number of nitrogens with zero attached hydrogens (tertiary/aromatic N) is 3. The third-order valence-electron chi connectivity index (χ3n) is 7.28. The molecule has 0 aliphatic carbocycles. The zero-order valence-electron chi connectivity index (χ0n) is 28.1. The average molecular weight is 567 g/mol. The summed E-state index contributed by atoms with van der Waals surface area (Å²) in [4.78, 5) is 7.25. The molecular formula is C38H54N4. The number of fused-ring (bicyclic) bond motifs is 1. The summed E-state index contributed by atoms with van der Waals surface area (Å²) < 4.78 is 0. The van der Waals surface area contributed by atoms with Crippen molar-refractivity contribution in [2.24, 2.45) is 16.8 Å². The summed E-state index contributed by atoms with van der Waals surface area (Å²) in [6.45, 7) is 27.8. The maximum absolute atomic E-state index is 10.1. The number of nitrogens with one attached hydrogen (secondary N) is 1. The summed E-state index contributed by atoms with van der Waals surface area (Å²) >= 11 is 0. The van der Waals surface area contributed by atoms with E-state index in [4.69, 9.17) is 4.99 Å². The van der Waals surface area contributed by atoms with E-state index < -0.39 is 0 Å². The van der Waals surface area contributed by atoms with E-state index >= 15 is 0 Å². The molecule has 0 bridgehead atoms. The van der Waals surface area contributed by atoms with Gasteiger partial charge in [-0.2, -0.15) is 5.26 Å². The average Bonchev–Trinajstić information content (AvgIpc) is 2.98. The van der Waals surface area contributed by atoms with Gasteiger partial charge in [-0.3, -0.25) is 15.3 Å². The zero-order valence-corrected chi connectivity index (χ0v) is 28.1. The number of aliphatic imine (C=N–C) groups is 1. The first-order valence-electron chi connectivity index (χ1n) is 15.6. The summed E-state index contributed by atoms with van der Waals surface area (Å²) in [6.07, 6.45) is 7.73. The topological polar surface area (TPSA) is 63.2 Å². The Morgan fingerprint density at radius 1 is 1.02 bits per heavy atom. The molecule has 0 aromatic heterocycles. The highest BCUT2D eigenvalue weighted by Crippen LogP contribution is 2.38. The Bertz CT molecular complexity index is 1330. The van der Waals surface area contributed by atoms with Crippen LogP contribution in [-0.2, 0) is 5.41 Å². The van der Waals surface area contributed by atoms with Gasteiger partial charge in [0.2, 0.25) is 0 Å². The summed E-state index contributed by atoms with van der Waals surface area (Å²) in [7, 11) is 0. The van der Waals surface area contributed by atoms with Gasteiger partial charge in [0.05, 0.1) is 11.6 Å². The van der Waals surface area contributed by atoms with Crippen molar-refractivity contribution in [2.75, 3.05) is 6.54 Å². The van der Waals surface area contributed by atoms with E-state index in [1.54, 1.807) is 6.08 Å². The van der Waals surface area contributed by atoms with Gasteiger partial charge in [-0.05, 0) is 59.8 Å². The minimum Gasteiger partial charge on any atom is -0.284 e. The first kappa shape index (κ1) is 36.3. The largest absolute Gasteiger partial charge is 0.284 e. The van der Waals surface area contributed by atoms with Crippen molar-refractivity contribution in [2.45, 2.75) is 94.4 Å². The lowest BCUT2D eigenvalue weighted by atomic mass is 9.75. The van der Waals surface area contributed by atoms with Crippen LogP contribution in [0.25, 0.3) is 0 Å². The monoisotopic (exact) mass is 566 g/mol. The second kappa shape index (κ2) is 17.3. The van der Waals surface area contributed by atoms with Gasteiger partial charge in [0.15, 0.2) is 0 Å². The van der Waals surface area contributed by atoms with E-state index in [2.05, 4.69) is 71.2 Å². The molecule has 42 heavy (non-hydrogen) atoms. The summed E-state index contributed by atoms with van der Waals surface area (Å²) in [5.41, 5.74) is 6.50. The molecule has 226 valence electrons. The minimum atomic E-state index is -0.204. The number of benzene rings is 2. The molecule has 2 aromatic rings. The van der Waals surface area contributed by atoms with Crippen molar-refractivity contribution in [3.63, 3.8) is 0 Å². The summed E-state index contributed by atoms with van der Waals surface area (Å²) in [5, 5.41) is 19.8. The lowest BCUT2D eigenvalue weighted by Gasteiger charge is -2.38. The third-order valence-corrected chi connectivity index (χ3v) is 7.28. The standard InChI is InChI=1S/C34H42N4.2C2H6/c1-9-10-17-27(23(2)3)31(24(4)5)38(32(36)28-18-12-11-15-25(28)6)33-29-19-13-16-26(22-35)30(29)34(7,8)20-14-21-37-33;2*1-2/h9-13,15-19,23-24,36H,1,14,20-21H2,2-8H3;2*1-2H3/b17-10-,31-27?,36-32?,37-33?;;. The number of hydrogen-bond acceptors (Lipinski definition) is 3. The van der Waals surface area contributed by atoms with Crippen LogP contribution in [0.1, 0.15) is 110 Å². The molecule has 2 aromatic carbocycles. The van der Waals surface area contributed by atoms with Gasteiger partial charge < -0.3 is 0 Å². The summed E-state index contributed by atoms with van der Waals surface area (Å²) in [5.74, 6) is 1.45. The quantitative estimate of drug-likeness (QED) is 0.215. The normalized spacial score (nSPS) is 14.5. The van der Waals surface area contributed by atoms with E-state index in [1.165, 1.54) is 0 Å². The fourth-order valence-electron chi connectivity index (χ4n) is 5.43. The Balaban J connectivity index is 0.00000211. The molecule has 3 rings (SSSR count). The van der Waals surface area contributed by atoms with Crippen LogP contribution < -0.4 is 0 Å². The van der Waals surface area contributed by atoms with Crippen LogP contribution in [-0.4, -0.2) is 23.1 Å². The van der Waals surface area contributed by atoms with Crippen molar-refractivity contribution >= 4 is 11.7 Å². The number of aryl methyl sites for hydroxylation is 1.